The molecule has 0 aliphatic heterocycles. The molecule has 0 atom stereocenters. The first-order valence-corrected chi connectivity index (χ1v) is 6.83. The molecule has 1 aliphatic carbocycles. The fourth-order valence-electron chi connectivity index (χ4n) is 1.68. The summed E-state index contributed by atoms with van der Waals surface area (Å²) in [7, 11) is 0. The molecule has 0 unspecified atom stereocenters. The molecule has 2 aromatic rings. The Kier molecular flexibility index (Phi) is 3.06. The van der Waals surface area contributed by atoms with E-state index in [1.165, 1.54) is 0 Å². The van der Waals surface area contributed by atoms with Crippen LogP contribution in [-0.2, 0) is 11.2 Å². The molecule has 1 amide bonds. The number of nitrogens with one attached hydrogen (secondary N) is 1. The molecule has 0 bridgehead atoms. The molecular formula is C13H13N3OS. The first-order chi connectivity index (χ1) is 8.81. The molecule has 1 aliphatic rings. The molecule has 0 radical (unpaired) electrons. The van der Waals surface area contributed by atoms with Gasteiger partial charge in [-0.3, -0.25) is 9.78 Å². The van der Waals surface area contributed by atoms with Crippen molar-refractivity contribution in [3.05, 3.63) is 35.6 Å². The minimum absolute atomic E-state index is 0.0699. The Morgan fingerprint density at radius 1 is 1.50 bits per heavy atom. The molecule has 0 aromatic carbocycles. The quantitative estimate of drug-likeness (QED) is 0.914. The fraction of sp³-hybridized carbons (Fsp3) is 0.308. The van der Waals surface area contributed by atoms with E-state index < -0.39 is 0 Å². The highest BCUT2D eigenvalue weighted by Gasteiger charge is 2.23. The van der Waals surface area contributed by atoms with E-state index in [0.29, 0.717) is 12.5 Å². The largest absolute Gasteiger partial charge is 0.353 e. The van der Waals surface area contributed by atoms with Crippen LogP contribution >= 0.6 is 11.3 Å². The zero-order valence-electron chi connectivity index (χ0n) is 9.80. The number of carbonyl (C=O) groups excluding carboxylic acids is 1. The first-order valence-electron chi connectivity index (χ1n) is 5.95. The van der Waals surface area contributed by atoms with Gasteiger partial charge in [0.05, 0.1) is 12.1 Å². The fourth-order valence-corrected chi connectivity index (χ4v) is 2.49. The van der Waals surface area contributed by atoms with Gasteiger partial charge < -0.3 is 5.32 Å². The molecule has 1 N–H and O–H groups in total. The third kappa shape index (κ3) is 2.73. The van der Waals surface area contributed by atoms with Gasteiger partial charge in [0, 0.05) is 29.4 Å². The number of carbonyl (C=O) groups is 1. The number of hydrogen-bond donors (Lipinski definition) is 1. The van der Waals surface area contributed by atoms with E-state index in [1.807, 2.05) is 17.5 Å². The summed E-state index contributed by atoms with van der Waals surface area (Å²) in [4.78, 5) is 20.2. The van der Waals surface area contributed by atoms with Crippen LogP contribution in [0.5, 0.6) is 0 Å². The molecule has 0 saturated heterocycles. The molecule has 2 heterocycles. The van der Waals surface area contributed by atoms with Gasteiger partial charge in [0.1, 0.15) is 5.01 Å². The van der Waals surface area contributed by atoms with Gasteiger partial charge in [0.2, 0.25) is 5.91 Å². The molecule has 1 fully saturated rings. The van der Waals surface area contributed by atoms with Gasteiger partial charge in [-0.05, 0) is 25.0 Å². The van der Waals surface area contributed by atoms with Crippen molar-refractivity contribution in [2.24, 2.45) is 0 Å². The van der Waals surface area contributed by atoms with Crippen LogP contribution in [-0.4, -0.2) is 21.9 Å². The highest BCUT2D eigenvalue weighted by Crippen LogP contribution is 2.23. The highest BCUT2D eigenvalue weighted by atomic mass is 32.1. The summed E-state index contributed by atoms with van der Waals surface area (Å²) in [5, 5.41) is 5.82. The van der Waals surface area contributed by atoms with Crippen LogP contribution < -0.4 is 5.32 Å². The van der Waals surface area contributed by atoms with Crippen LogP contribution in [0.1, 0.15) is 18.5 Å². The average Bonchev–Trinajstić information content (AvgIpc) is 3.06. The number of pyridine rings is 1. The van der Waals surface area contributed by atoms with Gasteiger partial charge in [-0.2, -0.15) is 0 Å². The number of amides is 1. The third-order valence-corrected chi connectivity index (χ3v) is 3.68. The second kappa shape index (κ2) is 4.86. The maximum atomic E-state index is 11.6. The SMILES string of the molecule is O=C(Cc1csc(-c2cccnc2)n1)NC1CC1. The third-order valence-electron chi connectivity index (χ3n) is 2.74. The molecule has 0 spiro atoms. The van der Waals surface area contributed by atoms with Gasteiger partial charge in [-0.1, -0.05) is 0 Å². The molecule has 3 rings (SSSR count). The summed E-state index contributed by atoms with van der Waals surface area (Å²) in [6, 6.07) is 4.27. The maximum absolute atomic E-state index is 11.6. The van der Waals surface area contributed by atoms with Crippen molar-refractivity contribution < 1.29 is 4.79 Å². The van der Waals surface area contributed by atoms with Crippen molar-refractivity contribution in [3.8, 4) is 10.6 Å². The summed E-state index contributed by atoms with van der Waals surface area (Å²) < 4.78 is 0. The minimum Gasteiger partial charge on any atom is -0.353 e. The van der Waals surface area contributed by atoms with E-state index in [2.05, 4.69) is 15.3 Å². The van der Waals surface area contributed by atoms with Gasteiger partial charge in [-0.25, -0.2) is 4.98 Å². The van der Waals surface area contributed by atoms with Gasteiger partial charge >= 0.3 is 0 Å². The number of hydrogen-bond acceptors (Lipinski definition) is 4. The van der Waals surface area contributed by atoms with Crippen LogP contribution in [0, 0.1) is 0 Å². The highest BCUT2D eigenvalue weighted by molar-refractivity contribution is 7.13. The Balaban J connectivity index is 1.67. The minimum atomic E-state index is 0.0699. The maximum Gasteiger partial charge on any atom is 0.226 e. The molecule has 1 saturated carbocycles. The lowest BCUT2D eigenvalue weighted by atomic mass is 10.3. The summed E-state index contributed by atoms with van der Waals surface area (Å²) in [5.74, 6) is 0.0699. The standard InChI is InChI=1S/C13H13N3OS/c17-12(15-10-3-4-10)6-11-8-18-13(16-11)9-2-1-5-14-7-9/h1-2,5,7-8,10H,3-4,6H2,(H,15,17). The summed E-state index contributed by atoms with van der Waals surface area (Å²) in [5.41, 5.74) is 1.83. The lowest BCUT2D eigenvalue weighted by molar-refractivity contribution is -0.120. The van der Waals surface area contributed by atoms with Crippen molar-refractivity contribution in [2.75, 3.05) is 0 Å². The first kappa shape index (κ1) is 11.3. The van der Waals surface area contributed by atoms with Crippen molar-refractivity contribution in [2.45, 2.75) is 25.3 Å². The summed E-state index contributed by atoms with van der Waals surface area (Å²) in [6.07, 6.45) is 6.12. The predicted molar refractivity (Wildman–Crippen MR) is 70.2 cm³/mol. The molecule has 2 aromatic heterocycles. The average molecular weight is 259 g/mol. The van der Waals surface area contributed by atoms with Gasteiger partial charge in [0.25, 0.3) is 0 Å². The lowest BCUT2D eigenvalue weighted by Crippen LogP contribution is -2.27. The normalized spacial score (nSPS) is 14.4. The number of thiazole rings is 1. The van der Waals surface area contributed by atoms with E-state index in [1.54, 1.807) is 23.7 Å². The van der Waals surface area contributed by atoms with Crippen molar-refractivity contribution in [3.63, 3.8) is 0 Å². The van der Waals surface area contributed by atoms with E-state index in [0.717, 1.165) is 29.1 Å². The summed E-state index contributed by atoms with van der Waals surface area (Å²) in [6.45, 7) is 0. The zero-order chi connectivity index (χ0) is 12.4. The number of rotatable bonds is 4. The van der Waals surface area contributed by atoms with Crippen LogP contribution in [0.3, 0.4) is 0 Å². The lowest BCUT2D eigenvalue weighted by Gasteiger charge is -2.00. The van der Waals surface area contributed by atoms with Gasteiger partial charge in [-0.15, -0.1) is 11.3 Å². The van der Waals surface area contributed by atoms with Crippen molar-refractivity contribution in [1.82, 2.24) is 15.3 Å². The molecule has 5 heteroatoms. The van der Waals surface area contributed by atoms with E-state index in [-0.39, 0.29) is 5.91 Å². The molecule has 92 valence electrons. The number of aromatic nitrogens is 2. The smallest absolute Gasteiger partial charge is 0.226 e. The summed E-state index contributed by atoms with van der Waals surface area (Å²) >= 11 is 1.55. The second-order valence-electron chi connectivity index (χ2n) is 4.40. The van der Waals surface area contributed by atoms with E-state index in [9.17, 15) is 4.79 Å². The van der Waals surface area contributed by atoms with Crippen molar-refractivity contribution in [1.29, 1.82) is 0 Å². The predicted octanol–water partition coefficient (Wildman–Crippen LogP) is 2.03. The Hall–Kier alpha value is -1.75. The van der Waals surface area contributed by atoms with Crippen molar-refractivity contribution >= 4 is 17.2 Å². The second-order valence-corrected chi connectivity index (χ2v) is 5.26. The van der Waals surface area contributed by atoms with Gasteiger partial charge in [0.15, 0.2) is 0 Å². The van der Waals surface area contributed by atoms with Crippen LogP contribution in [0.4, 0.5) is 0 Å². The topological polar surface area (TPSA) is 54.9 Å². The molecule has 18 heavy (non-hydrogen) atoms. The monoisotopic (exact) mass is 259 g/mol. The Morgan fingerprint density at radius 2 is 2.39 bits per heavy atom. The Labute approximate surface area is 109 Å². The van der Waals surface area contributed by atoms with Crippen LogP contribution in [0.25, 0.3) is 10.6 Å². The van der Waals surface area contributed by atoms with E-state index in [4.69, 9.17) is 0 Å². The molecule has 4 nitrogen and oxygen atoms in total. The Morgan fingerprint density at radius 3 is 3.11 bits per heavy atom. The Bertz CT molecular complexity index is 548. The zero-order valence-corrected chi connectivity index (χ0v) is 10.6. The molecular weight excluding hydrogens is 246 g/mol. The van der Waals surface area contributed by atoms with E-state index >= 15 is 0 Å². The van der Waals surface area contributed by atoms with Crippen LogP contribution in [0.2, 0.25) is 0 Å². The van der Waals surface area contributed by atoms with Crippen LogP contribution in [0.15, 0.2) is 29.9 Å². The number of nitrogens with zero attached hydrogens (tertiary/aromatic N) is 2.